The van der Waals surface area contributed by atoms with Crippen LogP contribution in [0.2, 0.25) is 0 Å². The van der Waals surface area contributed by atoms with Gasteiger partial charge >= 0.3 is 5.97 Å². The fourth-order valence-corrected chi connectivity index (χ4v) is 3.21. The standard InChI is InChI=1S/C11H17NO4S2/c1-5-16-10(13)9-7(12)6-8(17-9)11(2,3)18(4,14)15/h6H,5,12H2,1-4H3. The predicted octanol–water partition coefficient (Wildman–Crippen LogP) is 1.79. The molecule has 1 heterocycles. The van der Waals surface area contributed by atoms with Crippen molar-refractivity contribution < 1.29 is 17.9 Å². The first-order valence-electron chi connectivity index (χ1n) is 5.37. The Bertz CT molecular complexity index is 558. The minimum Gasteiger partial charge on any atom is -0.462 e. The van der Waals surface area contributed by atoms with Crippen molar-refractivity contribution in [2.45, 2.75) is 25.5 Å². The molecule has 1 aromatic heterocycles. The number of rotatable bonds is 4. The maximum atomic E-state index is 11.7. The van der Waals surface area contributed by atoms with E-state index in [2.05, 4.69) is 0 Å². The number of hydrogen-bond donors (Lipinski definition) is 1. The van der Waals surface area contributed by atoms with Crippen molar-refractivity contribution in [1.29, 1.82) is 0 Å². The third kappa shape index (κ3) is 2.67. The van der Waals surface area contributed by atoms with Crippen LogP contribution >= 0.6 is 11.3 Å². The smallest absolute Gasteiger partial charge is 0.350 e. The molecule has 2 N–H and O–H groups in total. The Morgan fingerprint density at radius 2 is 2.06 bits per heavy atom. The molecular weight excluding hydrogens is 274 g/mol. The van der Waals surface area contributed by atoms with Gasteiger partial charge in [0.1, 0.15) is 9.62 Å². The van der Waals surface area contributed by atoms with E-state index in [0.717, 1.165) is 17.6 Å². The Balaban J connectivity index is 3.24. The number of ether oxygens (including phenoxy) is 1. The van der Waals surface area contributed by atoms with Crippen LogP contribution in [-0.2, 0) is 19.3 Å². The molecule has 0 saturated carbocycles. The highest BCUT2D eigenvalue weighted by atomic mass is 32.2. The van der Waals surface area contributed by atoms with Crippen LogP contribution in [0, 0.1) is 0 Å². The molecule has 0 aliphatic heterocycles. The van der Waals surface area contributed by atoms with Gasteiger partial charge in [-0.05, 0) is 26.8 Å². The van der Waals surface area contributed by atoms with E-state index in [-0.39, 0.29) is 17.2 Å². The Labute approximate surface area is 111 Å². The maximum Gasteiger partial charge on any atom is 0.350 e. The lowest BCUT2D eigenvalue weighted by molar-refractivity contribution is 0.0533. The number of anilines is 1. The Morgan fingerprint density at radius 3 is 2.50 bits per heavy atom. The topological polar surface area (TPSA) is 86.5 Å². The fraction of sp³-hybridized carbons (Fsp3) is 0.545. The number of hydrogen-bond acceptors (Lipinski definition) is 6. The second-order valence-corrected chi connectivity index (χ2v) is 8.02. The van der Waals surface area contributed by atoms with Crippen molar-refractivity contribution >= 4 is 32.8 Å². The molecule has 0 atom stereocenters. The van der Waals surface area contributed by atoms with Crippen LogP contribution in [0.4, 0.5) is 5.69 Å². The zero-order valence-electron chi connectivity index (χ0n) is 10.8. The summed E-state index contributed by atoms with van der Waals surface area (Å²) in [5.74, 6) is -0.518. The van der Waals surface area contributed by atoms with Gasteiger partial charge in [0.05, 0.1) is 12.3 Å². The van der Waals surface area contributed by atoms with E-state index in [9.17, 15) is 13.2 Å². The summed E-state index contributed by atoms with van der Waals surface area (Å²) in [6, 6.07) is 1.53. The van der Waals surface area contributed by atoms with Gasteiger partial charge < -0.3 is 10.5 Å². The molecule has 1 rings (SSSR count). The van der Waals surface area contributed by atoms with Gasteiger partial charge in [0.2, 0.25) is 0 Å². The van der Waals surface area contributed by atoms with E-state index in [0.29, 0.717) is 4.88 Å². The monoisotopic (exact) mass is 291 g/mol. The molecule has 0 radical (unpaired) electrons. The molecule has 0 spiro atoms. The molecule has 7 heteroatoms. The van der Waals surface area contributed by atoms with Crippen molar-refractivity contribution in [2.75, 3.05) is 18.6 Å². The van der Waals surface area contributed by atoms with Crippen LogP contribution in [0.25, 0.3) is 0 Å². The zero-order valence-corrected chi connectivity index (χ0v) is 12.4. The number of nitrogens with two attached hydrogens (primary N) is 1. The minimum absolute atomic E-state index is 0.251. The number of carbonyl (C=O) groups is 1. The zero-order chi connectivity index (χ0) is 14.1. The highest BCUT2D eigenvalue weighted by Crippen LogP contribution is 2.37. The number of esters is 1. The van der Waals surface area contributed by atoms with Gasteiger partial charge in [0.15, 0.2) is 9.84 Å². The molecule has 5 nitrogen and oxygen atoms in total. The molecule has 0 saturated heterocycles. The molecular formula is C11H17NO4S2. The first-order valence-corrected chi connectivity index (χ1v) is 8.08. The normalized spacial score (nSPS) is 12.4. The van der Waals surface area contributed by atoms with E-state index in [1.54, 1.807) is 20.8 Å². The third-order valence-electron chi connectivity index (χ3n) is 2.74. The van der Waals surface area contributed by atoms with Crippen LogP contribution < -0.4 is 5.73 Å². The second-order valence-electron chi connectivity index (χ2n) is 4.40. The van der Waals surface area contributed by atoms with E-state index in [1.807, 2.05) is 0 Å². The van der Waals surface area contributed by atoms with Crippen molar-refractivity contribution in [3.8, 4) is 0 Å². The summed E-state index contributed by atoms with van der Waals surface area (Å²) < 4.78 is 27.2. The van der Waals surface area contributed by atoms with E-state index in [1.165, 1.54) is 6.07 Å². The summed E-state index contributed by atoms with van der Waals surface area (Å²) in [5.41, 5.74) is 5.98. The molecule has 18 heavy (non-hydrogen) atoms. The number of carbonyl (C=O) groups excluding carboxylic acids is 1. The third-order valence-corrected chi connectivity index (χ3v) is 6.40. The van der Waals surface area contributed by atoms with Gasteiger partial charge in [0, 0.05) is 11.1 Å². The first-order chi connectivity index (χ1) is 8.11. The van der Waals surface area contributed by atoms with Crippen LogP contribution in [0.3, 0.4) is 0 Å². The predicted molar refractivity (Wildman–Crippen MR) is 72.6 cm³/mol. The van der Waals surface area contributed by atoms with Gasteiger partial charge in [0.25, 0.3) is 0 Å². The summed E-state index contributed by atoms with van der Waals surface area (Å²) in [6.07, 6.45) is 1.16. The van der Waals surface area contributed by atoms with Crippen molar-refractivity contribution in [3.63, 3.8) is 0 Å². The Kier molecular flexibility index (Phi) is 4.07. The maximum absolute atomic E-state index is 11.7. The summed E-state index contributed by atoms with van der Waals surface area (Å²) in [6.45, 7) is 5.12. The second kappa shape index (κ2) is 4.89. The molecule has 0 aliphatic rings. The minimum atomic E-state index is -3.29. The van der Waals surface area contributed by atoms with Gasteiger partial charge in [-0.1, -0.05) is 0 Å². The van der Waals surface area contributed by atoms with E-state index in [4.69, 9.17) is 10.5 Å². The lowest BCUT2D eigenvalue weighted by atomic mass is 10.1. The van der Waals surface area contributed by atoms with Crippen molar-refractivity contribution in [2.24, 2.45) is 0 Å². The molecule has 0 aromatic carbocycles. The molecule has 0 amide bonds. The van der Waals surface area contributed by atoms with Gasteiger partial charge in [-0.3, -0.25) is 0 Å². The van der Waals surface area contributed by atoms with Crippen molar-refractivity contribution in [3.05, 3.63) is 15.8 Å². The lowest BCUT2D eigenvalue weighted by Gasteiger charge is -2.20. The largest absolute Gasteiger partial charge is 0.462 e. The van der Waals surface area contributed by atoms with Gasteiger partial charge in [-0.15, -0.1) is 11.3 Å². The molecule has 0 fully saturated rings. The van der Waals surface area contributed by atoms with Crippen LogP contribution in [0.1, 0.15) is 35.3 Å². The Morgan fingerprint density at radius 1 is 1.50 bits per heavy atom. The Hall–Kier alpha value is -1.08. The fourth-order valence-electron chi connectivity index (χ4n) is 1.24. The van der Waals surface area contributed by atoms with Crippen LogP contribution in [0.5, 0.6) is 0 Å². The van der Waals surface area contributed by atoms with E-state index < -0.39 is 20.6 Å². The first kappa shape index (κ1) is 15.0. The van der Waals surface area contributed by atoms with Crippen LogP contribution in [-0.4, -0.2) is 27.2 Å². The summed E-state index contributed by atoms with van der Waals surface area (Å²) in [5, 5.41) is 0. The average molecular weight is 291 g/mol. The van der Waals surface area contributed by atoms with E-state index >= 15 is 0 Å². The van der Waals surface area contributed by atoms with Gasteiger partial charge in [-0.25, -0.2) is 13.2 Å². The molecule has 0 bridgehead atoms. The number of sulfone groups is 1. The quantitative estimate of drug-likeness (QED) is 0.855. The highest BCUT2D eigenvalue weighted by molar-refractivity contribution is 7.91. The van der Waals surface area contributed by atoms with Crippen LogP contribution in [0.15, 0.2) is 6.07 Å². The molecule has 1 aromatic rings. The molecule has 0 unspecified atom stereocenters. The number of thiophene rings is 1. The summed E-state index contributed by atoms with van der Waals surface area (Å²) >= 11 is 1.06. The summed E-state index contributed by atoms with van der Waals surface area (Å²) in [4.78, 5) is 12.4. The lowest BCUT2D eigenvalue weighted by Crippen LogP contribution is -2.26. The summed E-state index contributed by atoms with van der Waals surface area (Å²) in [7, 11) is -3.29. The highest BCUT2D eigenvalue weighted by Gasteiger charge is 2.35. The average Bonchev–Trinajstić information content (AvgIpc) is 2.59. The van der Waals surface area contributed by atoms with Crippen molar-refractivity contribution in [1.82, 2.24) is 0 Å². The number of nitrogen functional groups attached to an aromatic ring is 1. The molecule has 102 valence electrons. The van der Waals surface area contributed by atoms with Gasteiger partial charge in [-0.2, -0.15) is 0 Å². The molecule has 0 aliphatic carbocycles. The SMILES string of the molecule is CCOC(=O)c1sc(C(C)(C)S(C)(=O)=O)cc1N.